The van der Waals surface area contributed by atoms with Gasteiger partial charge in [-0.15, -0.1) is 0 Å². The fourth-order valence-electron chi connectivity index (χ4n) is 0.698. The molecule has 0 aliphatic rings. The summed E-state index contributed by atoms with van der Waals surface area (Å²) in [5, 5.41) is 9.90. The quantitative estimate of drug-likeness (QED) is 0.421. The smallest absolute Gasteiger partial charge is 0.0414 e. The number of carboxylic acid groups (broad SMARTS) is 1. The summed E-state index contributed by atoms with van der Waals surface area (Å²) in [6, 6.07) is 0. The van der Waals surface area contributed by atoms with Crippen molar-refractivity contribution < 1.29 is 9.90 Å². The van der Waals surface area contributed by atoms with Gasteiger partial charge in [-0.1, -0.05) is 12.2 Å². The summed E-state index contributed by atoms with van der Waals surface area (Å²) in [6.45, 7) is 1.96. The maximum Gasteiger partial charge on any atom is 0.0414 e. The van der Waals surface area contributed by atoms with Gasteiger partial charge >= 0.3 is 0 Å². The molecule has 0 bridgehead atoms. The summed E-state index contributed by atoms with van der Waals surface area (Å²) in [5.41, 5.74) is 0. The van der Waals surface area contributed by atoms with Crippen LogP contribution in [0.5, 0.6) is 0 Å². The van der Waals surface area contributed by atoms with Crippen LogP contribution in [-0.2, 0) is 4.79 Å². The SMILES string of the molecule is CC=CCCCCC(=O)[O-]. The third kappa shape index (κ3) is 7.21. The summed E-state index contributed by atoms with van der Waals surface area (Å²) in [5.74, 6) is -0.944. The number of aliphatic carboxylic acids is 1. The van der Waals surface area contributed by atoms with Gasteiger partial charge in [-0.2, -0.15) is 0 Å². The van der Waals surface area contributed by atoms with Gasteiger partial charge in [0.05, 0.1) is 0 Å². The normalized spacial score (nSPS) is 10.5. The van der Waals surface area contributed by atoms with E-state index in [4.69, 9.17) is 0 Å². The van der Waals surface area contributed by atoms with Crippen molar-refractivity contribution in [3.05, 3.63) is 12.2 Å². The molecule has 0 saturated heterocycles. The molecule has 0 aliphatic heterocycles. The third-order valence-corrected chi connectivity index (χ3v) is 1.24. The monoisotopic (exact) mass is 141 g/mol. The van der Waals surface area contributed by atoms with E-state index in [2.05, 4.69) is 0 Å². The van der Waals surface area contributed by atoms with E-state index in [-0.39, 0.29) is 6.42 Å². The number of hydrogen-bond donors (Lipinski definition) is 0. The van der Waals surface area contributed by atoms with Gasteiger partial charge in [0.15, 0.2) is 0 Å². The van der Waals surface area contributed by atoms with E-state index in [1.807, 2.05) is 19.1 Å². The first-order chi connectivity index (χ1) is 4.77. The van der Waals surface area contributed by atoms with E-state index in [0.717, 1.165) is 19.3 Å². The van der Waals surface area contributed by atoms with Crippen LogP contribution in [0, 0.1) is 0 Å². The van der Waals surface area contributed by atoms with E-state index in [9.17, 15) is 9.90 Å². The van der Waals surface area contributed by atoms with E-state index < -0.39 is 5.97 Å². The van der Waals surface area contributed by atoms with Gasteiger partial charge in [0, 0.05) is 5.97 Å². The molecule has 0 atom stereocenters. The zero-order valence-corrected chi connectivity index (χ0v) is 6.30. The summed E-state index contributed by atoms with van der Waals surface area (Å²) in [6.07, 6.45) is 6.85. The Morgan fingerprint density at radius 2 is 2.20 bits per heavy atom. The maximum absolute atomic E-state index is 9.90. The molecule has 0 aromatic carbocycles. The Hall–Kier alpha value is -0.790. The number of allylic oxidation sites excluding steroid dienone is 2. The van der Waals surface area contributed by atoms with Crippen molar-refractivity contribution in [2.45, 2.75) is 32.6 Å². The molecule has 0 heterocycles. The summed E-state index contributed by atoms with van der Waals surface area (Å²) in [7, 11) is 0. The van der Waals surface area contributed by atoms with Crippen LogP contribution in [0.1, 0.15) is 32.6 Å². The highest BCUT2D eigenvalue weighted by Crippen LogP contribution is 1.99. The molecule has 10 heavy (non-hydrogen) atoms. The van der Waals surface area contributed by atoms with E-state index in [0.29, 0.717) is 0 Å². The lowest BCUT2D eigenvalue weighted by molar-refractivity contribution is -0.305. The van der Waals surface area contributed by atoms with Gasteiger partial charge in [-0.05, 0) is 32.6 Å². The molecule has 0 radical (unpaired) electrons. The average Bonchev–Trinajstić information content (AvgIpc) is 1.87. The number of carboxylic acids is 1. The molecule has 0 unspecified atom stereocenters. The van der Waals surface area contributed by atoms with E-state index in [1.165, 1.54) is 0 Å². The number of carbonyl (C=O) groups excluding carboxylic acids is 1. The lowest BCUT2D eigenvalue weighted by atomic mass is 10.2. The summed E-state index contributed by atoms with van der Waals surface area (Å²) < 4.78 is 0. The molecule has 58 valence electrons. The molecule has 0 rings (SSSR count). The van der Waals surface area contributed by atoms with Gasteiger partial charge in [-0.25, -0.2) is 0 Å². The standard InChI is InChI=1S/C8H14O2/c1-2-3-4-5-6-7-8(9)10/h2-3H,4-7H2,1H3,(H,9,10)/p-1. The highest BCUT2D eigenvalue weighted by Gasteiger charge is 1.85. The van der Waals surface area contributed by atoms with Crippen molar-refractivity contribution in [1.29, 1.82) is 0 Å². The molecule has 0 spiro atoms. The lowest BCUT2D eigenvalue weighted by Crippen LogP contribution is -2.21. The van der Waals surface area contributed by atoms with E-state index >= 15 is 0 Å². The molecule has 0 fully saturated rings. The maximum atomic E-state index is 9.90. The van der Waals surface area contributed by atoms with Crippen LogP contribution >= 0.6 is 0 Å². The van der Waals surface area contributed by atoms with E-state index in [1.54, 1.807) is 0 Å². The Kier molecular flexibility index (Phi) is 5.83. The molecule has 0 amide bonds. The topological polar surface area (TPSA) is 40.1 Å². The van der Waals surface area contributed by atoms with Crippen LogP contribution in [0.25, 0.3) is 0 Å². The first-order valence-corrected chi connectivity index (χ1v) is 3.58. The Balaban J connectivity index is 2.98. The predicted octanol–water partition coefficient (Wildman–Crippen LogP) is 0.873. The van der Waals surface area contributed by atoms with Gasteiger partial charge < -0.3 is 9.90 Å². The van der Waals surface area contributed by atoms with Crippen molar-refractivity contribution in [2.75, 3.05) is 0 Å². The minimum atomic E-state index is -0.944. The molecule has 0 N–H and O–H groups in total. The van der Waals surface area contributed by atoms with Crippen molar-refractivity contribution in [1.82, 2.24) is 0 Å². The highest BCUT2D eigenvalue weighted by molar-refractivity contribution is 5.64. The van der Waals surface area contributed by atoms with Crippen LogP contribution in [0.15, 0.2) is 12.2 Å². The molecule has 0 aromatic rings. The fraction of sp³-hybridized carbons (Fsp3) is 0.625. The molecule has 2 nitrogen and oxygen atoms in total. The summed E-state index contributed by atoms with van der Waals surface area (Å²) in [4.78, 5) is 9.90. The zero-order valence-electron chi connectivity index (χ0n) is 6.30. The first-order valence-electron chi connectivity index (χ1n) is 3.58. The second-order valence-corrected chi connectivity index (χ2v) is 2.19. The van der Waals surface area contributed by atoms with Crippen LogP contribution in [0.2, 0.25) is 0 Å². The van der Waals surface area contributed by atoms with Gasteiger partial charge in [0.25, 0.3) is 0 Å². The van der Waals surface area contributed by atoms with Crippen molar-refractivity contribution in [3.8, 4) is 0 Å². The minimum Gasteiger partial charge on any atom is -0.550 e. The molecule has 2 heteroatoms. The number of rotatable bonds is 5. The number of hydrogen-bond acceptors (Lipinski definition) is 2. The molecule has 0 aliphatic carbocycles. The number of carbonyl (C=O) groups is 1. The van der Waals surface area contributed by atoms with Crippen molar-refractivity contribution >= 4 is 5.97 Å². The average molecular weight is 141 g/mol. The van der Waals surface area contributed by atoms with Gasteiger partial charge in [0.1, 0.15) is 0 Å². The van der Waals surface area contributed by atoms with Crippen LogP contribution in [0.3, 0.4) is 0 Å². The van der Waals surface area contributed by atoms with Crippen LogP contribution < -0.4 is 5.11 Å². The first kappa shape index (κ1) is 9.21. The van der Waals surface area contributed by atoms with Crippen molar-refractivity contribution in [2.24, 2.45) is 0 Å². The molecular weight excluding hydrogens is 128 g/mol. The van der Waals surface area contributed by atoms with Gasteiger partial charge in [0.2, 0.25) is 0 Å². The minimum absolute atomic E-state index is 0.192. The second-order valence-electron chi connectivity index (χ2n) is 2.19. The Morgan fingerprint density at radius 1 is 1.50 bits per heavy atom. The third-order valence-electron chi connectivity index (χ3n) is 1.24. The highest BCUT2D eigenvalue weighted by atomic mass is 16.4. The lowest BCUT2D eigenvalue weighted by Gasteiger charge is -1.98. The molecule has 0 saturated carbocycles. The van der Waals surface area contributed by atoms with Crippen LogP contribution in [-0.4, -0.2) is 5.97 Å². The van der Waals surface area contributed by atoms with Crippen molar-refractivity contribution in [3.63, 3.8) is 0 Å². The largest absolute Gasteiger partial charge is 0.550 e. The molecule has 0 aromatic heterocycles. The Morgan fingerprint density at radius 3 is 2.70 bits per heavy atom. The summed E-state index contributed by atoms with van der Waals surface area (Å²) >= 11 is 0. The predicted molar refractivity (Wildman–Crippen MR) is 38.3 cm³/mol. The number of unbranched alkanes of at least 4 members (excludes halogenated alkanes) is 2. The Labute approximate surface area is 61.6 Å². The zero-order chi connectivity index (χ0) is 7.82. The second kappa shape index (κ2) is 6.33. The fourth-order valence-corrected chi connectivity index (χ4v) is 0.698. The Bertz CT molecular complexity index is 116. The molecular formula is C8H13O2-. The van der Waals surface area contributed by atoms with Crippen LogP contribution in [0.4, 0.5) is 0 Å². The van der Waals surface area contributed by atoms with Gasteiger partial charge in [-0.3, -0.25) is 0 Å².